The second-order valence-electron chi connectivity index (χ2n) is 4.21. The zero-order valence-electron chi connectivity index (χ0n) is 9.59. The second kappa shape index (κ2) is 5.06. The normalized spacial score (nSPS) is 27.7. The number of carbonyl (C=O) groups is 1. The van der Waals surface area contributed by atoms with Crippen LogP contribution in [0.4, 0.5) is 8.78 Å². The number of nitrogens with zero attached hydrogens (tertiary/aromatic N) is 2. The molecule has 0 amide bonds. The Morgan fingerprint density at radius 3 is 2.28 bits per heavy atom. The molecule has 2 aliphatic heterocycles. The summed E-state index contributed by atoms with van der Waals surface area (Å²) in [6.45, 7) is 0.864. The lowest BCUT2D eigenvalue weighted by Crippen LogP contribution is -2.53. The predicted octanol–water partition coefficient (Wildman–Crippen LogP) is -0.528. The summed E-state index contributed by atoms with van der Waals surface area (Å²) in [5.74, 6) is -3.71. The van der Waals surface area contributed by atoms with Crippen molar-refractivity contribution in [3.05, 3.63) is 0 Å². The van der Waals surface area contributed by atoms with Gasteiger partial charge in [0.1, 0.15) is 6.04 Å². The van der Waals surface area contributed by atoms with Crippen molar-refractivity contribution in [3.63, 3.8) is 0 Å². The smallest absolute Gasteiger partial charge is 0.350 e. The number of halogens is 2. The van der Waals surface area contributed by atoms with Crippen LogP contribution in [0.25, 0.3) is 0 Å². The van der Waals surface area contributed by atoms with Crippen molar-refractivity contribution < 1.29 is 26.7 Å². The van der Waals surface area contributed by atoms with Crippen molar-refractivity contribution >= 4 is 16.0 Å². The molecule has 2 fully saturated rings. The summed E-state index contributed by atoms with van der Waals surface area (Å²) in [5, 5.41) is 0. The summed E-state index contributed by atoms with van der Waals surface area (Å²) in [6.07, 6.45) is 0.570. The Morgan fingerprint density at radius 1 is 1.22 bits per heavy atom. The number of hydrogen-bond donors (Lipinski definition) is 0. The minimum absolute atomic E-state index is 0.0174. The van der Waals surface area contributed by atoms with Crippen LogP contribution in [0.5, 0.6) is 0 Å². The van der Waals surface area contributed by atoms with E-state index in [-0.39, 0.29) is 38.2 Å². The summed E-state index contributed by atoms with van der Waals surface area (Å²) < 4.78 is 52.8. The van der Waals surface area contributed by atoms with Crippen LogP contribution >= 0.6 is 0 Å². The summed E-state index contributed by atoms with van der Waals surface area (Å²) in [6, 6.07) is -0.360. The lowest BCUT2D eigenvalue weighted by atomic mass is 10.2. The highest BCUT2D eigenvalue weighted by Crippen LogP contribution is 2.19. The fourth-order valence-corrected chi connectivity index (χ4v) is 3.10. The molecule has 0 aromatic rings. The average molecular weight is 284 g/mol. The number of cyclic esters (lactones) is 1. The van der Waals surface area contributed by atoms with Gasteiger partial charge in [0.15, 0.2) is 0 Å². The number of sulfonamides is 1. The Bertz CT molecular complexity index is 420. The molecule has 0 aliphatic carbocycles. The van der Waals surface area contributed by atoms with Crippen LogP contribution in [-0.2, 0) is 19.6 Å². The van der Waals surface area contributed by atoms with Gasteiger partial charge in [-0.2, -0.15) is 13.1 Å². The number of carbonyl (C=O) groups excluding carboxylic acids is 1. The first-order valence-electron chi connectivity index (χ1n) is 5.61. The minimum Gasteiger partial charge on any atom is -0.464 e. The third kappa shape index (κ3) is 2.47. The van der Waals surface area contributed by atoms with Gasteiger partial charge in [-0.3, -0.25) is 9.69 Å². The zero-order valence-corrected chi connectivity index (χ0v) is 10.4. The van der Waals surface area contributed by atoms with Crippen LogP contribution in [0.15, 0.2) is 0 Å². The number of hydrogen-bond acceptors (Lipinski definition) is 5. The largest absolute Gasteiger partial charge is 0.464 e. The third-order valence-electron chi connectivity index (χ3n) is 3.21. The molecule has 9 heteroatoms. The monoisotopic (exact) mass is 284 g/mol. The Hall–Kier alpha value is -0.800. The summed E-state index contributed by atoms with van der Waals surface area (Å²) in [5.41, 5.74) is 0. The van der Waals surface area contributed by atoms with E-state index in [1.165, 1.54) is 0 Å². The Labute approximate surface area is 104 Å². The van der Waals surface area contributed by atoms with Crippen LogP contribution in [-0.4, -0.2) is 68.2 Å². The second-order valence-corrected chi connectivity index (χ2v) is 6.12. The van der Waals surface area contributed by atoms with E-state index in [4.69, 9.17) is 4.74 Å². The van der Waals surface area contributed by atoms with Gasteiger partial charge in [0.05, 0.1) is 6.61 Å². The summed E-state index contributed by atoms with van der Waals surface area (Å²) >= 11 is 0. The first-order valence-corrected chi connectivity index (χ1v) is 7.11. The molecule has 0 spiro atoms. The van der Waals surface area contributed by atoms with Crippen LogP contribution in [0, 0.1) is 0 Å². The van der Waals surface area contributed by atoms with Gasteiger partial charge in [0, 0.05) is 32.6 Å². The average Bonchev–Trinajstić information content (AvgIpc) is 2.75. The molecule has 0 radical (unpaired) electrons. The Kier molecular flexibility index (Phi) is 3.83. The zero-order chi connectivity index (χ0) is 13.3. The molecule has 0 saturated carbocycles. The maximum atomic E-state index is 12.3. The lowest BCUT2D eigenvalue weighted by molar-refractivity contribution is -0.142. The van der Waals surface area contributed by atoms with Gasteiger partial charge in [-0.15, -0.1) is 0 Å². The third-order valence-corrected chi connectivity index (χ3v) is 4.74. The molecule has 2 heterocycles. The van der Waals surface area contributed by atoms with Gasteiger partial charge in [0.2, 0.25) is 0 Å². The number of ether oxygens (including phenoxy) is 1. The lowest BCUT2D eigenvalue weighted by Gasteiger charge is -2.35. The van der Waals surface area contributed by atoms with Crippen molar-refractivity contribution in [2.45, 2.75) is 18.2 Å². The molecule has 2 saturated heterocycles. The van der Waals surface area contributed by atoms with E-state index in [2.05, 4.69) is 0 Å². The van der Waals surface area contributed by atoms with E-state index < -0.39 is 15.8 Å². The molecule has 1 atom stereocenters. The first-order chi connectivity index (χ1) is 8.43. The molecule has 18 heavy (non-hydrogen) atoms. The molecule has 1 unspecified atom stereocenters. The van der Waals surface area contributed by atoms with Gasteiger partial charge >= 0.3 is 11.7 Å². The fourth-order valence-electron chi connectivity index (χ4n) is 2.20. The van der Waals surface area contributed by atoms with E-state index in [0.717, 1.165) is 4.31 Å². The van der Waals surface area contributed by atoms with Gasteiger partial charge in [-0.05, 0) is 0 Å². The Morgan fingerprint density at radius 2 is 1.83 bits per heavy atom. The number of alkyl halides is 2. The van der Waals surface area contributed by atoms with Crippen LogP contribution in [0.1, 0.15) is 6.42 Å². The van der Waals surface area contributed by atoms with Crippen molar-refractivity contribution in [1.82, 2.24) is 9.21 Å². The van der Waals surface area contributed by atoms with E-state index in [1.54, 1.807) is 4.90 Å². The standard InChI is InChI=1S/C9H14F2N2O4S/c10-9(11)18(15,16)13-4-2-12(3-5-13)7-1-6-17-8(7)14/h7,9H,1-6H2. The van der Waals surface area contributed by atoms with Crippen molar-refractivity contribution in [1.29, 1.82) is 0 Å². The molecule has 104 valence electrons. The molecule has 0 bridgehead atoms. The molecule has 0 N–H and O–H groups in total. The van der Waals surface area contributed by atoms with Gasteiger partial charge in [0.25, 0.3) is 10.0 Å². The van der Waals surface area contributed by atoms with E-state index in [1.807, 2.05) is 0 Å². The number of piperazine rings is 1. The molecule has 6 nitrogen and oxygen atoms in total. The van der Waals surface area contributed by atoms with Crippen molar-refractivity contribution in [2.75, 3.05) is 32.8 Å². The molecule has 0 aromatic heterocycles. The maximum absolute atomic E-state index is 12.3. The molecular weight excluding hydrogens is 270 g/mol. The summed E-state index contributed by atoms with van der Waals surface area (Å²) in [4.78, 5) is 13.1. The highest BCUT2D eigenvalue weighted by Gasteiger charge is 2.38. The molecule has 2 rings (SSSR count). The Balaban J connectivity index is 1.94. The highest BCUT2D eigenvalue weighted by molar-refractivity contribution is 7.89. The van der Waals surface area contributed by atoms with E-state index in [0.29, 0.717) is 13.0 Å². The van der Waals surface area contributed by atoms with Crippen LogP contribution in [0.2, 0.25) is 0 Å². The quantitative estimate of drug-likeness (QED) is 0.652. The van der Waals surface area contributed by atoms with Crippen molar-refractivity contribution in [2.24, 2.45) is 0 Å². The van der Waals surface area contributed by atoms with Gasteiger partial charge < -0.3 is 4.74 Å². The van der Waals surface area contributed by atoms with Gasteiger partial charge in [-0.1, -0.05) is 0 Å². The fraction of sp³-hybridized carbons (Fsp3) is 0.889. The highest BCUT2D eigenvalue weighted by atomic mass is 32.2. The molecule has 2 aliphatic rings. The number of rotatable bonds is 3. The molecule has 0 aromatic carbocycles. The predicted molar refractivity (Wildman–Crippen MR) is 57.4 cm³/mol. The van der Waals surface area contributed by atoms with Crippen LogP contribution < -0.4 is 0 Å². The minimum atomic E-state index is -4.50. The topological polar surface area (TPSA) is 66.9 Å². The van der Waals surface area contributed by atoms with E-state index in [9.17, 15) is 22.0 Å². The molecular formula is C9H14F2N2O4S. The first kappa shape index (κ1) is 13.6. The van der Waals surface area contributed by atoms with Crippen LogP contribution in [0.3, 0.4) is 0 Å². The van der Waals surface area contributed by atoms with Gasteiger partial charge in [-0.25, -0.2) is 8.42 Å². The SMILES string of the molecule is O=C1OCCC1N1CCN(S(=O)(=O)C(F)F)CC1. The maximum Gasteiger partial charge on any atom is 0.350 e. The van der Waals surface area contributed by atoms with E-state index >= 15 is 0 Å². The van der Waals surface area contributed by atoms with Crippen molar-refractivity contribution in [3.8, 4) is 0 Å². The summed E-state index contributed by atoms with van der Waals surface area (Å²) in [7, 11) is -4.50. The number of esters is 1.